The van der Waals surface area contributed by atoms with E-state index in [2.05, 4.69) is 17.1 Å². The first-order valence-electron chi connectivity index (χ1n) is 8.16. The minimum atomic E-state index is -0.329. The zero-order valence-corrected chi connectivity index (χ0v) is 13.1. The topological polar surface area (TPSA) is 56.3 Å². The molecule has 1 aliphatic rings. The number of carbonyl (C=O) groups is 1. The molecular formula is C18H24N2O2. The average Bonchev–Trinajstić information content (AvgIpc) is 2.96. The molecule has 1 aromatic heterocycles. The van der Waals surface area contributed by atoms with Gasteiger partial charge in [0.05, 0.1) is 6.10 Å². The summed E-state index contributed by atoms with van der Waals surface area (Å²) < 4.78 is 0. The molecule has 1 saturated heterocycles. The molecule has 4 heteroatoms. The number of piperidine rings is 1. The number of hydrogen-bond acceptors (Lipinski definition) is 2. The van der Waals surface area contributed by atoms with E-state index in [1.807, 2.05) is 30.2 Å². The first-order valence-corrected chi connectivity index (χ1v) is 8.16. The minimum Gasteiger partial charge on any atom is -0.393 e. The third-order valence-corrected chi connectivity index (χ3v) is 4.78. The number of nitrogens with one attached hydrogen (secondary N) is 1. The Morgan fingerprint density at radius 1 is 1.45 bits per heavy atom. The lowest BCUT2D eigenvalue weighted by Crippen LogP contribution is -2.43. The van der Waals surface area contributed by atoms with Crippen LogP contribution in [0.4, 0.5) is 0 Å². The molecule has 0 radical (unpaired) electrons. The second kappa shape index (κ2) is 6.53. The molecule has 2 N–H and O–H groups in total. The van der Waals surface area contributed by atoms with Gasteiger partial charge in [-0.1, -0.05) is 18.2 Å². The number of hydrogen-bond donors (Lipinski definition) is 2. The second-order valence-electron chi connectivity index (χ2n) is 6.34. The first-order chi connectivity index (χ1) is 10.6. The molecule has 0 spiro atoms. The van der Waals surface area contributed by atoms with E-state index in [-0.39, 0.29) is 17.9 Å². The minimum absolute atomic E-state index is 0.204. The number of benzene rings is 1. The number of H-pyrrole nitrogens is 1. The fourth-order valence-corrected chi connectivity index (χ4v) is 3.37. The smallest absolute Gasteiger partial charge is 0.222 e. The Morgan fingerprint density at radius 3 is 3.09 bits per heavy atom. The number of aliphatic hydroxyl groups is 1. The Morgan fingerprint density at radius 2 is 2.27 bits per heavy atom. The van der Waals surface area contributed by atoms with E-state index in [1.54, 1.807) is 0 Å². The van der Waals surface area contributed by atoms with Crippen LogP contribution >= 0.6 is 0 Å². The van der Waals surface area contributed by atoms with Gasteiger partial charge in [-0.05, 0) is 37.8 Å². The lowest BCUT2D eigenvalue weighted by Gasteiger charge is -2.34. The van der Waals surface area contributed by atoms with E-state index in [9.17, 15) is 9.90 Å². The number of likely N-dealkylation sites (tertiary alicyclic amines) is 1. The molecule has 2 heterocycles. The molecule has 0 aliphatic carbocycles. The number of aromatic nitrogens is 1. The molecule has 1 fully saturated rings. The van der Waals surface area contributed by atoms with Crippen LogP contribution in [0.1, 0.15) is 31.7 Å². The van der Waals surface area contributed by atoms with Crippen LogP contribution in [0.15, 0.2) is 30.5 Å². The Bertz CT molecular complexity index is 647. The number of aryl methyl sites for hydroxylation is 1. The van der Waals surface area contributed by atoms with Gasteiger partial charge in [-0.3, -0.25) is 4.79 Å². The summed E-state index contributed by atoms with van der Waals surface area (Å²) in [6.07, 6.45) is 4.99. The quantitative estimate of drug-likeness (QED) is 0.912. The Hall–Kier alpha value is -1.81. The fraction of sp³-hybridized carbons (Fsp3) is 0.500. The summed E-state index contributed by atoms with van der Waals surface area (Å²) in [5, 5.41) is 10.9. The predicted molar refractivity (Wildman–Crippen MR) is 87.6 cm³/mol. The van der Waals surface area contributed by atoms with Gasteiger partial charge in [0.2, 0.25) is 5.91 Å². The van der Waals surface area contributed by atoms with Gasteiger partial charge in [-0.15, -0.1) is 0 Å². The van der Waals surface area contributed by atoms with Crippen LogP contribution in [0.3, 0.4) is 0 Å². The van der Waals surface area contributed by atoms with Crippen LogP contribution in [-0.4, -0.2) is 40.1 Å². The van der Waals surface area contributed by atoms with Gasteiger partial charge in [0.1, 0.15) is 0 Å². The summed E-state index contributed by atoms with van der Waals surface area (Å²) in [5.41, 5.74) is 2.32. The maximum Gasteiger partial charge on any atom is 0.222 e. The molecule has 2 aromatic rings. The number of nitrogens with zero attached hydrogens (tertiary/aromatic N) is 1. The summed E-state index contributed by atoms with van der Waals surface area (Å²) >= 11 is 0. The van der Waals surface area contributed by atoms with Gasteiger partial charge >= 0.3 is 0 Å². The van der Waals surface area contributed by atoms with Crippen LogP contribution in [-0.2, 0) is 11.2 Å². The highest BCUT2D eigenvalue weighted by Crippen LogP contribution is 2.22. The largest absolute Gasteiger partial charge is 0.393 e. The van der Waals surface area contributed by atoms with E-state index in [0.29, 0.717) is 13.0 Å². The Kier molecular flexibility index (Phi) is 4.48. The maximum atomic E-state index is 12.4. The van der Waals surface area contributed by atoms with Crippen molar-refractivity contribution in [1.82, 2.24) is 9.88 Å². The molecule has 1 amide bonds. The van der Waals surface area contributed by atoms with E-state index < -0.39 is 0 Å². The van der Waals surface area contributed by atoms with Crippen molar-refractivity contribution in [3.05, 3.63) is 36.0 Å². The van der Waals surface area contributed by atoms with Crippen molar-refractivity contribution in [3.63, 3.8) is 0 Å². The van der Waals surface area contributed by atoms with Crippen LogP contribution < -0.4 is 0 Å². The molecule has 3 rings (SSSR count). The maximum absolute atomic E-state index is 12.4. The number of amides is 1. The van der Waals surface area contributed by atoms with E-state index in [0.717, 1.165) is 31.3 Å². The van der Waals surface area contributed by atoms with Gasteiger partial charge in [-0.25, -0.2) is 0 Å². The molecule has 0 saturated carbocycles. The third-order valence-electron chi connectivity index (χ3n) is 4.78. The summed E-state index contributed by atoms with van der Waals surface area (Å²) in [6, 6.07) is 8.19. The highest BCUT2D eigenvalue weighted by Gasteiger charge is 2.26. The normalized spacial score (nSPS) is 20.3. The van der Waals surface area contributed by atoms with E-state index >= 15 is 0 Å². The van der Waals surface area contributed by atoms with Gasteiger partial charge in [0.25, 0.3) is 0 Å². The molecular weight excluding hydrogens is 276 g/mol. The highest BCUT2D eigenvalue weighted by molar-refractivity contribution is 5.84. The average molecular weight is 300 g/mol. The second-order valence-corrected chi connectivity index (χ2v) is 6.34. The van der Waals surface area contributed by atoms with Crippen molar-refractivity contribution in [2.45, 2.75) is 38.7 Å². The van der Waals surface area contributed by atoms with Crippen molar-refractivity contribution < 1.29 is 9.90 Å². The van der Waals surface area contributed by atoms with Crippen LogP contribution in [0.25, 0.3) is 10.9 Å². The number of aliphatic hydroxyl groups excluding tert-OH is 1. The summed E-state index contributed by atoms with van der Waals surface area (Å²) in [4.78, 5) is 17.6. The van der Waals surface area contributed by atoms with E-state index in [4.69, 9.17) is 0 Å². The van der Waals surface area contributed by atoms with Crippen molar-refractivity contribution in [1.29, 1.82) is 0 Å². The number of rotatable bonds is 4. The Labute approximate surface area is 131 Å². The summed E-state index contributed by atoms with van der Waals surface area (Å²) in [6.45, 7) is 3.35. The molecule has 2 unspecified atom stereocenters. The Balaban J connectivity index is 1.60. The monoisotopic (exact) mass is 300 g/mol. The number of aromatic amines is 1. The molecule has 1 aliphatic heterocycles. The molecule has 4 nitrogen and oxygen atoms in total. The fourth-order valence-electron chi connectivity index (χ4n) is 3.37. The number of fused-ring (bicyclic) bond motifs is 1. The lowest BCUT2D eigenvalue weighted by atomic mass is 9.93. The lowest BCUT2D eigenvalue weighted by molar-refractivity contribution is -0.133. The van der Waals surface area contributed by atoms with Crippen molar-refractivity contribution in [2.24, 2.45) is 5.92 Å². The van der Waals surface area contributed by atoms with Crippen molar-refractivity contribution in [3.8, 4) is 0 Å². The molecule has 118 valence electrons. The van der Waals surface area contributed by atoms with Gasteiger partial charge in [0.15, 0.2) is 0 Å². The number of para-hydroxylation sites is 1. The number of carbonyl (C=O) groups excluding carboxylic acids is 1. The molecule has 0 bridgehead atoms. The van der Waals surface area contributed by atoms with Crippen molar-refractivity contribution in [2.75, 3.05) is 13.1 Å². The van der Waals surface area contributed by atoms with Gasteiger partial charge < -0.3 is 15.0 Å². The molecule has 22 heavy (non-hydrogen) atoms. The van der Waals surface area contributed by atoms with Crippen LogP contribution in [0.2, 0.25) is 0 Å². The van der Waals surface area contributed by atoms with Crippen LogP contribution in [0, 0.1) is 5.92 Å². The van der Waals surface area contributed by atoms with E-state index in [1.165, 1.54) is 10.9 Å². The van der Waals surface area contributed by atoms with Gasteiger partial charge in [-0.2, -0.15) is 0 Å². The SMILES string of the molecule is CC(O)C1CCCN(C(=O)CCc2c[nH]c3ccccc23)C1. The van der Waals surface area contributed by atoms with Crippen molar-refractivity contribution >= 4 is 16.8 Å². The summed E-state index contributed by atoms with van der Waals surface area (Å²) in [7, 11) is 0. The first kappa shape index (κ1) is 15.1. The highest BCUT2D eigenvalue weighted by atomic mass is 16.3. The summed E-state index contributed by atoms with van der Waals surface area (Å²) in [5.74, 6) is 0.432. The standard InChI is InChI=1S/C18H24N2O2/c1-13(21)15-5-4-10-20(12-15)18(22)9-8-14-11-19-17-7-3-2-6-16(14)17/h2-3,6-7,11,13,15,19,21H,4-5,8-10,12H2,1H3. The molecule has 2 atom stereocenters. The van der Waals surface area contributed by atoms with Crippen LogP contribution in [0.5, 0.6) is 0 Å². The third kappa shape index (κ3) is 3.17. The zero-order chi connectivity index (χ0) is 15.5. The zero-order valence-electron chi connectivity index (χ0n) is 13.1. The molecule has 1 aromatic carbocycles. The predicted octanol–water partition coefficient (Wildman–Crippen LogP) is 2.72. The van der Waals surface area contributed by atoms with Gasteiger partial charge in [0, 0.05) is 42.5 Å².